The van der Waals surface area contributed by atoms with Crippen LogP contribution in [0.4, 0.5) is 5.69 Å². The number of rotatable bonds is 2. The third-order valence-electron chi connectivity index (χ3n) is 4.45. The highest BCUT2D eigenvalue weighted by atomic mass is 15.3. The van der Waals surface area contributed by atoms with Crippen molar-refractivity contribution < 1.29 is 0 Å². The van der Waals surface area contributed by atoms with Crippen molar-refractivity contribution in [1.82, 2.24) is 4.90 Å². The Labute approximate surface area is 117 Å². The number of nitrogens with two attached hydrogens (primary N) is 1. The van der Waals surface area contributed by atoms with Crippen LogP contribution in [0.1, 0.15) is 24.5 Å². The van der Waals surface area contributed by atoms with E-state index in [1.54, 1.807) is 0 Å². The largest absolute Gasteiger partial charge is 0.363 e. The smallest absolute Gasteiger partial charge is 0.0542 e. The summed E-state index contributed by atoms with van der Waals surface area (Å²) in [5.41, 5.74) is 10.1. The summed E-state index contributed by atoms with van der Waals surface area (Å²) in [6, 6.07) is 7.53. The lowest BCUT2D eigenvalue weighted by molar-refractivity contribution is 0.332. The second kappa shape index (κ2) is 5.93. The second-order valence-corrected chi connectivity index (χ2v) is 5.92. The molecule has 1 aliphatic rings. The van der Waals surface area contributed by atoms with Crippen molar-refractivity contribution in [2.75, 3.05) is 31.6 Å². The van der Waals surface area contributed by atoms with Gasteiger partial charge in [-0.3, -0.25) is 0 Å². The number of likely N-dealkylation sites (N-methyl/N-ethyl adjacent to an activating group) is 1. The van der Waals surface area contributed by atoms with E-state index in [0.717, 1.165) is 13.1 Å². The number of hydrogen-bond donors (Lipinski definition) is 1. The molecule has 0 amide bonds. The van der Waals surface area contributed by atoms with E-state index in [9.17, 15) is 0 Å². The van der Waals surface area contributed by atoms with Crippen molar-refractivity contribution in [3.63, 3.8) is 0 Å². The van der Waals surface area contributed by atoms with Crippen molar-refractivity contribution in [3.8, 4) is 0 Å². The predicted octanol–water partition coefficient (Wildman–Crippen LogP) is 2.16. The van der Waals surface area contributed by atoms with Crippen LogP contribution < -0.4 is 10.6 Å². The summed E-state index contributed by atoms with van der Waals surface area (Å²) in [7, 11) is 2.20. The van der Waals surface area contributed by atoms with Crippen LogP contribution in [0.3, 0.4) is 0 Å². The maximum Gasteiger partial charge on any atom is 0.0542 e. The van der Waals surface area contributed by atoms with Crippen molar-refractivity contribution in [3.05, 3.63) is 29.3 Å². The van der Waals surface area contributed by atoms with E-state index in [2.05, 4.69) is 55.8 Å². The Balaban J connectivity index is 2.40. The number of benzene rings is 1. The fraction of sp³-hybridized carbons (Fsp3) is 0.625. The lowest BCUT2D eigenvalue weighted by Gasteiger charge is -2.37. The third-order valence-corrected chi connectivity index (χ3v) is 4.45. The lowest BCUT2D eigenvalue weighted by atomic mass is 10.0. The average molecular weight is 261 g/mol. The summed E-state index contributed by atoms with van der Waals surface area (Å²) in [5.74, 6) is 0. The summed E-state index contributed by atoms with van der Waals surface area (Å²) in [4.78, 5) is 4.95. The zero-order valence-electron chi connectivity index (χ0n) is 12.7. The van der Waals surface area contributed by atoms with Crippen molar-refractivity contribution in [1.29, 1.82) is 0 Å². The molecule has 1 aliphatic heterocycles. The molecular formula is C16H27N3. The van der Waals surface area contributed by atoms with E-state index in [4.69, 9.17) is 5.73 Å². The SMILES string of the molecule is Cc1cccc(N2C(C)CCN(C)CC2CN)c1C. The molecule has 2 atom stereocenters. The molecule has 0 spiro atoms. The molecule has 2 rings (SSSR count). The first kappa shape index (κ1) is 14.4. The third kappa shape index (κ3) is 2.93. The molecule has 106 valence electrons. The first-order valence-electron chi connectivity index (χ1n) is 7.27. The van der Waals surface area contributed by atoms with E-state index in [1.165, 1.54) is 23.2 Å². The zero-order chi connectivity index (χ0) is 14.0. The molecule has 19 heavy (non-hydrogen) atoms. The van der Waals surface area contributed by atoms with Gasteiger partial charge in [-0.1, -0.05) is 12.1 Å². The summed E-state index contributed by atoms with van der Waals surface area (Å²) >= 11 is 0. The topological polar surface area (TPSA) is 32.5 Å². The normalized spacial score (nSPS) is 25.4. The minimum Gasteiger partial charge on any atom is -0.363 e. The fourth-order valence-corrected chi connectivity index (χ4v) is 3.08. The summed E-state index contributed by atoms with van der Waals surface area (Å²) in [6.45, 7) is 9.64. The van der Waals surface area contributed by atoms with Crippen molar-refractivity contribution >= 4 is 5.69 Å². The van der Waals surface area contributed by atoms with E-state index in [1.807, 2.05) is 0 Å². The molecule has 0 saturated carbocycles. The molecule has 2 N–H and O–H groups in total. The molecule has 1 heterocycles. The van der Waals surface area contributed by atoms with Gasteiger partial charge in [0, 0.05) is 24.8 Å². The minimum atomic E-state index is 0.406. The highest BCUT2D eigenvalue weighted by Gasteiger charge is 2.28. The molecule has 0 radical (unpaired) electrons. The summed E-state index contributed by atoms with van der Waals surface area (Å²) in [5, 5.41) is 0. The molecule has 0 aliphatic carbocycles. The first-order chi connectivity index (χ1) is 9.04. The van der Waals surface area contributed by atoms with Gasteiger partial charge in [0.15, 0.2) is 0 Å². The van der Waals surface area contributed by atoms with Gasteiger partial charge in [0.25, 0.3) is 0 Å². The van der Waals surface area contributed by atoms with Gasteiger partial charge in [0.2, 0.25) is 0 Å². The standard InChI is InChI=1S/C16H27N3/c1-12-6-5-7-16(14(12)3)19-13(2)8-9-18(4)11-15(19)10-17/h5-7,13,15H,8-11,17H2,1-4H3. The van der Waals surface area contributed by atoms with Crippen molar-refractivity contribution in [2.24, 2.45) is 5.73 Å². The summed E-state index contributed by atoms with van der Waals surface area (Å²) < 4.78 is 0. The van der Waals surface area contributed by atoms with Gasteiger partial charge < -0.3 is 15.5 Å². The molecule has 1 aromatic carbocycles. The second-order valence-electron chi connectivity index (χ2n) is 5.92. The molecule has 3 nitrogen and oxygen atoms in total. The molecule has 1 fully saturated rings. The Morgan fingerprint density at radius 1 is 1.32 bits per heavy atom. The van der Waals surface area contributed by atoms with Crippen LogP contribution >= 0.6 is 0 Å². The van der Waals surface area contributed by atoms with Gasteiger partial charge in [-0.15, -0.1) is 0 Å². The van der Waals surface area contributed by atoms with E-state index in [-0.39, 0.29) is 0 Å². The molecule has 0 bridgehead atoms. The van der Waals surface area contributed by atoms with Gasteiger partial charge in [-0.05, 0) is 58.0 Å². The predicted molar refractivity (Wildman–Crippen MR) is 82.8 cm³/mol. The molecule has 2 unspecified atom stereocenters. The molecular weight excluding hydrogens is 234 g/mol. The Morgan fingerprint density at radius 2 is 2.05 bits per heavy atom. The number of nitrogens with zero attached hydrogens (tertiary/aromatic N) is 2. The summed E-state index contributed by atoms with van der Waals surface area (Å²) in [6.07, 6.45) is 1.19. The van der Waals surface area contributed by atoms with E-state index < -0.39 is 0 Å². The molecule has 1 saturated heterocycles. The molecule has 3 heteroatoms. The lowest BCUT2D eigenvalue weighted by Crippen LogP contribution is -2.48. The molecule has 0 aromatic heterocycles. The highest BCUT2D eigenvalue weighted by molar-refractivity contribution is 5.57. The Bertz CT molecular complexity index is 430. The Kier molecular flexibility index (Phi) is 4.48. The maximum absolute atomic E-state index is 6.04. The van der Waals surface area contributed by atoms with Crippen LogP contribution in [0.2, 0.25) is 0 Å². The minimum absolute atomic E-state index is 0.406. The van der Waals surface area contributed by atoms with Gasteiger partial charge in [0.1, 0.15) is 0 Å². The van der Waals surface area contributed by atoms with Gasteiger partial charge in [0.05, 0.1) is 6.04 Å². The number of anilines is 1. The first-order valence-corrected chi connectivity index (χ1v) is 7.27. The molecule has 1 aromatic rings. The Morgan fingerprint density at radius 3 is 2.74 bits per heavy atom. The number of hydrogen-bond acceptors (Lipinski definition) is 3. The van der Waals surface area contributed by atoms with Gasteiger partial charge >= 0.3 is 0 Å². The van der Waals surface area contributed by atoms with Gasteiger partial charge in [-0.25, -0.2) is 0 Å². The van der Waals surface area contributed by atoms with Crippen molar-refractivity contribution in [2.45, 2.75) is 39.3 Å². The van der Waals surface area contributed by atoms with Crippen LogP contribution in [0.5, 0.6) is 0 Å². The Hall–Kier alpha value is -1.06. The van der Waals surface area contributed by atoms with E-state index >= 15 is 0 Å². The van der Waals surface area contributed by atoms with Crippen LogP contribution in [0.25, 0.3) is 0 Å². The fourth-order valence-electron chi connectivity index (χ4n) is 3.08. The average Bonchev–Trinajstić information content (AvgIpc) is 2.53. The van der Waals surface area contributed by atoms with Gasteiger partial charge in [-0.2, -0.15) is 0 Å². The number of aryl methyl sites for hydroxylation is 1. The quantitative estimate of drug-likeness (QED) is 0.885. The van der Waals surface area contributed by atoms with Crippen LogP contribution in [-0.2, 0) is 0 Å². The maximum atomic E-state index is 6.04. The zero-order valence-corrected chi connectivity index (χ0v) is 12.7. The van der Waals surface area contributed by atoms with Crippen LogP contribution in [0.15, 0.2) is 18.2 Å². The monoisotopic (exact) mass is 261 g/mol. The van der Waals surface area contributed by atoms with E-state index in [0.29, 0.717) is 18.6 Å². The highest BCUT2D eigenvalue weighted by Crippen LogP contribution is 2.29. The van der Waals surface area contributed by atoms with Crippen LogP contribution in [-0.4, -0.2) is 43.7 Å². The van der Waals surface area contributed by atoms with Crippen LogP contribution in [0, 0.1) is 13.8 Å².